The number of hydrogen-bond donors (Lipinski definition) is 2. The van der Waals surface area contributed by atoms with E-state index >= 15 is 0 Å². The zero-order valence-corrected chi connectivity index (χ0v) is 13.3. The quantitative estimate of drug-likeness (QED) is 0.764. The van der Waals surface area contributed by atoms with Gasteiger partial charge in [0.2, 0.25) is 10.0 Å². The molecule has 0 fully saturated rings. The van der Waals surface area contributed by atoms with Gasteiger partial charge in [-0.05, 0) is 26.0 Å². The molecule has 0 aliphatic carbocycles. The van der Waals surface area contributed by atoms with Crippen molar-refractivity contribution in [2.45, 2.75) is 23.5 Å². The summed E-state index contributed by atoms with van der Waals surface area (Å²) in [4.78, 5) is -0.968. The molecular weight excluding hydrogens is 326 g/mol. The van der Waals surface area contributed by atoms with Crippen molar-refractivity contribution < 1.29 is 25.6 Å². The summed E-state index contributed by atoms with van der Waals surface area (Å²) in [5.74, 6) is -2.98. The number of sulfone groups is 1. The normalized spacial score (nSPS) is 13.4. The van der Waals surface area contributed by atoms with Crippen molar-refractivity contribution in [3.63, 3.8) is 0 Å². The fourth-order valence-electron chi connectivity index (χ4n) is 1.26. The first kappa shape index (κ1) is 17.8. The summed E-state index contributed by atoms with van der Waals surface area (Å²) >= 11 is 0. The molecule has 0 saturated heterocycles. The van der Waals surface area contributed by atoms with Crippen LogP contribution >= 0.6 is 0 Å². The van der Waals surface area contributed by atoms with Crippen molar-refractivity contribution in [2.75, 3.05) is 18.5 Å². The van der Waals surface area contributed by atoms with E-state index in [0.717, 1.165) is 12.3 Å². The molecule has 0 aliphatic heterocycles. The highest BCUT2D eigenvalue weighted by Crippen LogP contribution is 2.22. The van der Waals surface area contributed by atoms with Gasteiger partial charge in [-0.15, -0.1) is 0 Å². The summed E-state index contributed by atoms with van der Waals surface area (Å²) in [7, 11) is -7.99. The molecule has 1 aromatic carbocycles. The van der Waals surface area contributed by atoms with Crippen molar-refractivity contribution in [1.82, 2.24) is 4.72 Å². The summed E-state index contributed by atoms with van der Waals surface area (Å²) in [6.07, 6.45) is 0.946. The molecule has 1 aromatic rings. The molecule has 0 unspecified atom stereocenters. The average Bonchev–Trinajstić information content (AvgIpc) is 2.30. The summed E-state index contributed by atoms with van der Waals surface area (Å²) < 4.78 is 74.2. The van der Waals surface area contributed by atoms with Crippen LogP contribution in [0.15, 0.2) is 17.0 Å². The van der Waals surface area contributed by atoms with Crippen molar-refractivity contribution >= 4 is 25.5 Å². The smallest absolute Gasteiger partial charge is 0.243 e. The van der Waals surface area contributed by atoms with E-state index in [0.29, 0.717) is 6.07 Å². The van der Waals surface area contributed by atoms with Crippen LogP contribution in [0.4, 0.5) is 14.5 Å². The number of benzene rings is 1. The molecule has 0 amide bonds. The molecular formula is C11H16F2N2O4S2. The number of nitrogens with two attached hydrogens (primary N) is 1. The molecule has 6 nitrogen and oxygen atoms in total. The fourth-order valence-corrected chi connectivity index (χ4v) is 3.01. The topological polar surface area (TPSA) is 106 Å². The van der Waals surface area contributed by atoms with Crippen LogP contribution in [0.1, 0.15) is 13.8 Å². The second-order valence-electron chi connectivity index (χ2n) is 5.17. The third-order valence-electron chi connectivity index (χ3n) is 3.00. The van der Waals surface area contributed by atoms with Gasteiger partial charge in [-0.1, -0.05) is 0 Å². The zero-order chi connectivity index (χ0) is 16.6. The standard InChI is InChI=1S/C11H16F2N2O4S2/c1-11(2,20(3,16)17)6-15-21(18,19)9-5-7(14)4-8(12)10(9)13/h4-5,15H,6,14H2,1-3H3. The van der Waals surface area contributed by atoms with E-state index in [2.05, 4.69) is 0 Å². The van der Waals surface area contributed by atoms with E-state index in [9.17, 15) is 25.6 Å². The maximum absolute atomic E-state index is 13.6. The van der Waals surface area contributed by atoms with Gasteiger partial charge in [-0.25, -0.2) is 30.3 Å². The van der Waals surface area contributed by atoms with E-state index in [-0.39, 0.29) is 5.69 Å². The Morgan fingerprint density at radius 2 is 1.71 bits per heavy atom. The Kier molecular flexibility index (Phi) is 4.66. The minimum absolute atomic E-state index is 0.267. The molecule has 120 valence electrons. The van der Waals surface area contributed by atoms with Gasteiger partial charge < -0.3 is 5.73 Å². The van der Waals surface area contributed by atoms with Crippen molar-refractivity contribution in [3.8, 4) is 0 Å². The van der Waals surface area contributed by atoms with Gasteiger partial charge >= 0.3 is 0 Å². The Morgan fingerprint density at radius 1 is 1.19 bits per heavy atom. The van der Waals surface area contributed by atoms with Crippen LogP contribution in [0, 0.1) is 11.6 Å². The summed E-state index contributed by atoms with van der Waals surface area (Å²) in [6.45, 7) is 2.12. The second kappa shape index (κ2) is 5.50. The lowest BCUT2D eigenvalue weighted by Crippen LogP contribution is -2.43. The lowest BCUT2D eigenvalue weighted by molar-refractivity contribution is 0.482. The van der Waals surface area contributed by atoms with Crippen LogP contribution in [0.3, 0.4) is 0 Å². The first-order chi connectivity index (χ1) is 9.28. The Bertz CT molecular complexity index is 759. The van der Waals surface area contributed by atoms with E-state index in [4.69, 9.17) is 5.73 Å². The van der Waals surface area contributed by atoms with Gasteiger partial charge in [-0.2, -0.15) is 0 Å². The highest BCUT2D eigenvalue weighted by Gasteiger charge is 2.33. The van der Waals surface area contributed by atoms with E-state index in [1.54, 1.807) is 0 Å². The Hall–Kier alpha value is -1.26. The molecule has 0 aromatic heterocycles. The van der Waals surface area contributed by atoms with Crippen LogP contribution in [-0.4, -0.2) is 34.4 Å². The lowest BCUT2D eigenvalue weighted by Gasteiger charge is -2.22. The van der Waals surface area contributed by atoms with Gasteiger partial charge in [0.1, 0.15) is 4.90 Å². The van der Waals surface area contributed by atoms with Crippen molar-refractivity contribution in [1.29, 1.82) is 0 Å². The maximum Gasteiger partial charge on any atom is 0.243 e. The van der Waals surface area contributed by atoms with E-state index < -0.39 is 47.7 Å². The first-order valence-corrected chi connectivity index (χ1v) is 9.09. The van der Waals surface area contributed by atoms with Crippen LogP contribution < -0.4 is 10.5 Å². The molecule has 21 heavy (non-hydrogen) atoms. The molecule has 10 heteroatoms. The summed E-state index contributed by atoms with van der Waals surface area (Å²) in [5.41, 5.74) is 5.01. The molecule has 0 aliphatic rings. The molecule has 0 atom stereocenters. The number of nitrogens with one attached hydrogen (secondary N) is 1. The van der Waals surface area contributed by atoms with Gasteiger partial charge in [-0.3, -0.25) is 0 Å². The van der Waals surface area contributed by atoms with Crippen molar-refractivity contribution in [3.05, 3.63) is 23.8 Å². The molecule has 0 saturated carbocycles. The largest absolute Gasteiger partial charge is 0.399 e. The Labute approximate surface area is 122 Å². The van der Waals surface area contributed by atoms with Crippen LogP contribution in [0.25, 0.3) is 0 Å². The van der Waals surface area contributed by atoms with E-state index in [1.165, 1.54) is 13.8 Å². The molecule has 1 rings (SSSR count). The monoisotopic (exact) mass is 342 g/mol. The average molecular weight is 342 g/mol. The summed E-state index contributed by atoms with van der Waals surface area (Å²) in [5, 5.41) is 0. The highest BCUT2D eigenvalue weighted by molar-refractivity contribution is 7.92. The molecule has 0 bridgehead atoms. The summed E-state index contributed by atoms with van der Waals surface area (Å²) in [6, 6.07) is 1.41. The number of hydrogen-bond acceptors (Lipinski definition) is 5. The SMILES string of the molecule is CC(C)(CNS(=O)(=O)c1cc(N)cc(F)c1F)S(C)(=O)=O. The number of sulfonamides is 1. The predicted octanol–water partition coefficient (Wildman–Crippen LogP) is 0.648. The third kappa shape index (κ3) is 3.89. The number of anilines is 1. The first-order valence-electron chi connectivity index (χ1n) is 5.72. The molecule has 0 spiro atoms. The van der Waals surface area contributed by atoms with Gasteiger partial charge in [0.05, 0.1) is 4.75 Å². The number of rotatable bonds is 5. The molecule has 0 radical (unpaired) electrons. The lowest BCUT2D eigenvalue weighted by atomic mass is 10.2. The Morgan fingerprint density at radius 3 is 2.19 bits per heavy atom. The van der Waals surface area contributed by atoms with Gasteiger partial charge in [0.15, 0.2) is 21.5 Å². The fraction of sp³-hybridized carbons (Fsp3) is 0.455. The van der Waals surface area contributed by atoms with Crippen LogP contribution in [0.2, 0.25) is 0 Å². The predicted molar refractivity (Wildman–Crippen MR) is 74.9 cm³/mol. The second-order valence-corrected chi connectivity index (χ2v) is 9.56. The van der Waals surface area contributed by atoms with Crippen LogP contribution in [0.5, 0.6) is 0 Å². The van der Waals surface area contributed by atoms with Gasteiger partial charge in [0.25, 0.3) is 0 Å². The maximum atomic E-state index is 13.6. The number of nitrogen functional groups attached to an aromatic ring is 1. The third-order valence-corrected chi connectivity index (χ3v) is 6.55. The Balaban J connectivity index is 3.15. The minimum atomic E-state index is -4.44. The van der Waals surface area contributed by atoms with E-state index in [1.807, 2.05) is 4.72 Å². The zero-order valence-electron chi connectivity index (χ0n) is 11.6. The molecule has 0 heterocycles. The van der Waals surface area contributed by atoms with Crippen molar-refractivity contribution in [2.24, 2.45) is 0 Å². The minimum Gasteiger partial charge on any atom is -0.399 e. The van der Waals surface area contributed by atoms with Crippen LogP contribution in [-0.2, 0) is 19.9 Å². The highest BCUT2D eigenvalue weighted by atomic mass is 32.2. The van der Waals surface area contributed by atoms with Gasteiger partial charge in [0, 0.05) is 18.5 Å². The number of halogens is 2. The molecule has 3 N–H and O–H groups in total.